The molecule has 4 heteroatoms. The third-order valence-corrected chi connectivity index (χ3v) is 4.60. The second-order valence-electron chi connectivity index (χ2n) is 5.38. The highest BCUT2D eigenvalue weighted by Crippen LogP contribution is 2.30. The third-order valence-electron chi connectivity index (χ3n) is 3.78. The summed E-state index contributed by atoms with van der Waals surface area (Å²) in [5.74, 6) is 0. The number of benzene rings is 1. The zero-order valence-corrected chi connectivity index (χ0v) is 14.3. The van der Waals surface area contributed by atoms with Gasteiger partial charge in [-0.05, 0) is 56.3 Å². The van der Waals surface area contributed by atoms with E-state index in [-0.39, 0.29) is 0 Å². The average Bonchev–Trinajstić information content (AvgIpc) is 2.93. The second kappa shape index (κ2) is 8.38. The summed E-state index contributed by atoms with van der Waals surface area (Å²) in [5.41, 5.74) is 1.20. The molecule has 1 aromatic rings. The third kappa shape index (κ3) is 4.73. The quantitative estimate of drug-likeness (QED) is 0.730. The predicted octanol–water partition coefficient (Wildman–Crippen LogP) is 5.10. The lowest BCUT2D eigenvalue weighted by Gasteiger charge is -2.22. The van der Waals surface area contributed by atoms with Crippen molar-refractivity contribution in [2.45, 2.75) is 51.2 Å². The molecule has 0 saturated carbocycles. The van der Waals surface area contributed by atoms with E-state index in [0.717, 1.165) is 41.9 Å². The van der Waals surface area contributed by atoms with Crippen molar-refractivity contribution in [3.05, 3.63) is 33.3 Å². The fourth-order valence-corrected chi connectivity index (χ4v) is 3.50. The maximum Gasteiger partial charge on any atom is 0.0576 e. The van der Waals surface area contributed by atoms with Crippen molar-refractivity contribution in [1.82, 2.24) is 5.32 Å². The molecule has 0 radical (unpaired) electrons. The number of rotatable bonds is 7. The van der Waals surface area contributed by atoms with E-state index in [2.05, 4.69) is 40.3 Å². The molecule has 20 heavy (non-hydrogen) atoms. The van der Waals surface area contributed by atoms with Gasteiger partial charge in [-0.25, -0.2) is 0 Å². The molecule has 0 aliphatic carbocycles. The van der Waals surface area contributed by atoms with Crippen LogP contribution >= 0.6 is 27.5 Å². The zero-order valence-electron chi connectivity index (χ0n) is 12.0. The minimum absolute atomic E-state index is 0.319. The van der Waals surface area contributed by atoms with Gasteiger partial charge < -0.3 is 10.1 Å². The molecular formula is C16H23BrClNO. The summed E-state index contributed by atoms with van der Waals surface area (Å²) >= 11 is 9.86. The van der Waals surface area contributed by atoms with Gasteiger partial charge in [0.2, 0.25) is 0 Å². The Bertz CT molecular complexity index is 421. The van der Waals surface area contributed by atoms with Gasteiger partial charge >= 0.3 is 0 Å². The minimum Gasteiger partial charge on any atom is -0.378 e. The largest absolute Gasteiger partial charge is 0.378 e. The van der Waals surface area contributed by atoms with Crippen LogP contribution in [0, 0.1) is 0 Å². The normalized spacial score (nSPS) is 20.2. The Morgan fingerprint density at radius 2 is 2.35 bits per heavy atom. The summed E-state index contributed by atoms with van der Waals surface area (Å²) < 4.78 is 6.75. The standard InChI is InChI=1S/C16H23BrClNO/c1-2-9-19-16(8-6-13-4-3-10-20-13)14-7-5-12(17)11-15(14)18/h5,7,11,13,16,19H,2-4,6,8-10H2,1H3. The van der Waals surface area contributed by atoms with Crippen LogP contribution in [0.5, 0.6) is 0 Å². The number of hydrogen-bond acceptors (Lipinski definition) is 2. The van der Waals surface area contributed by atoms with E-state index >= 15 is 0 Å². The molecule has 1 saturated heterocycles. The maximum atomic E-state index is 6.40. The Labute approximate surface area is 135 Å². The SMILES string of the molecule is CCCNC(CCC1CCCO1)c1ccc(Br)cc1Cl. The number of ether oxygens (including phenoxy) is 1. The lowest BCUT2D eigenvalue weighted by molar-refractivity contribution is 0.0996. The van der Waals surface area contributed by atoms with Crippen molar-refractivity contribution < 1.29 is 4.74 Å². The molecular weight excluding hydrogens is 338 g/mol. The van der Waals surface area contributed by atoms with Crippen molar-refractivity contribution >= 4 is 27.5 Å². The van der Waals surface area contributed by atoms with E-state index in [1.165, 1.54) is 18.4 Å². The summed E-state index contributed by atoms with van der Waals surface area (Å²) in [7, 11) is 0. The first-order valence-electron chi connectivity index (χ1n) is 7.50. The molecule has 1 aliphatic rings. The topological polar surface area (TPSA) is 21.3 Å². The summed E-state index contributed by atoms with van der Waals surface area (Å²) in [6, 6.07) is 6.48. The molecule has 1 aromatic carbocycles. The Kier molecular flexibility index (Phi) is 6.82. The van der Waals surface area contributed by atoms with Crippen LogP contribution in [0.4, 0.5) is 0 Å². The molecule has 1 fully saturated rings. The lowest BCUT2D eigenvalue weighted by atomic mass is 9.99. The first kappa shape index (κ1) is 16.3. The van der Waals surface area contributed by atoms with Crippen molar-refractivity contribution in [3.63, 3.8) is 0 Å². The minimum atomic E-state index is 0.319. The average molecular weight is 361 g/mol. The van der Waals surface area contributed by atoms with Crippen LogP contribution in [-0.4, -0.2) is 19.3 Å². The Balaban J connectivity index is 2.01. The van der Waals surface area contributed by atoms with Crippen LogP contribution < -0.4 is 5.32 Å². The number of halogens is 2. The van der Waals surface area contributed by atoms with Crippen LogP contribution in [0.2, 0.25) is 5.02 Å². The fourth-order valence-electron chi connectivity index (χ4n) is 2.69. The highest BCUT2D eigenvalue weighted by molar-refractivity contribution is 9.10. The van der Waals surface area contributed by atoms with Gasteiger partial charge in [0.15, 0.2) is 0 Å². The van der Waals surface area contributed by atoms with Gasteiger partial charge in [-0.1, -0.05) is 40.5 Å². The molecule has 112 valence electrons. The highest BCUT2D eigenvalue weighted by Gasteiger charge is 2.20. The zero-order chi connectivity index (χ0) is 14.4. The molecule has 1 N–H and O–H groups in total. The molecule has 2 unspecified atom stereocenters. The molecule has 2 rings (SSSR count). The van der Waals surface area contributed by atoms with Crippen molar-refractivity contribution in [2.24, 2.45) is 0 Å². The molecule has 0 aromatic heterocycles. The number of nitrogens with one attached hydrogen (secondary N) is 1. The summed E-state index contributed by atoms with van der Waals surface area (Å²) in [6.45, 7) is 4.13. The maximum absolute atomic E-state index is 6.40. The van der Waals surface area contributed by atoms with E-state index in [4.69, 9.17) is 16.3 Å². The summed E-state index contributed by atoms with van der Waals surface area (Å²) in [6.07, 6.45) is 6.16. The van der Waals surface area contributed by atoms with E-state index in [9.17, 15) is 0 Å². The van der Waals surface area contributed by atoms with E-state index < -0.39 is 0 Å². The highest BCUT2D eigenvalue weighted by atomic mass is 79.9. The molecule has 0 bridgehead atoms. The van der Waals surface area contributed by atoms with E-state index in [0.29, 0.717) is 12.1 Å². The number of hydrogen-bond donors (Lipinski definition) is 1. The van der Waals surface area contributed by atoms with Gasteiger partial charge in [-0.3, -0.25) is 0 Å². The van der Waals surface area contributed by atoms with Crippen LogP contribution in [-0.2, 0) is 4.74 Å². The van der Waals surface area contributed by atoms with Gasteiger partial charge in [0, 0.05) is 22.1 Å². The smallest absolute Gasteiger partial charge is 0.0576 e. The van der Waals surface area contributed by atoms with Crippen LogP contribution in [0.1, 0.15) is 50.6 Å². The van der Waals surface area contributed by atoms with E-state index in [1.807, 2.05) is 6.07 Å². The Morgan fingerprint density at radius 3 is 3.00 bits per heavy atom. The van der Waals surface area contributed by atoms with Crippen LogP contribution in [0.25, 0.3) is 0 Å². The lowest BCUT2D eigenvalue weighted by Crippen LogP contribution is -2.23. The van der Waals surface area contributed by atoms with Gasteiger partial charge in [0.1, 0.15) is 0 Å². The van der Waals surface area contributed by atoms with Crippen LogP contribution in [0.15, 0.2) is 22.7 Å². The first-order valence-corrected chi connectivity index (χ1v) is 8.67. The van der Waals surface area contributed by atoms with Gasteiger partial charge in [0.05, 0.1) is 6.10 Å². The van der Waals surface area contributed by atoms with Gasteiger partial charge in [-0.15, -0.1) is 0 Å². The van der Waals surface area contributed by atoms with Gasteiger partial charge in [-0.2, -0.15) is 0 Å². The molecule has 1 heterocycles. The Morgan fingerprint density at radius 1 is 1.50 bits per heavy atom. The molecule has 1 aliphatic heterocycles. The summed E-state index contributed by atoms with van der Waals surface area (Å²) in [5, 5.41) is 4.45. The first-order chi connectivity index (χ1) is 9.70. The van der Waals surface area contributed by atoms with Crippen molar-refractivity contribution in [2.75, 3.05) is 13.2 Å². The molecule has 0 amide bonds. The molecule has 2 nitrogen and oxygen atoms in total. The Hall–Kier alpha value is -0.0900. The predicted molar refractivity (Wildman–Crippen MR) is 88.4 cm³/mol. The van der Waals surface area contributed by atoms with Crippen molar-refractivity contribution in [3.8, 4) is 0 Å². The second-order valence-corrected chi connectivity index (χ2v) is 6.71. The van der Waals surface area contributed by atoms with E-state index in [1.54, 1.807) is 0 Å². The van der Waals surface area contributed by atoms with Crippen molar-refractivity contribution in [1.29, 1.82) is 0 Å². The van der Waals surface area contributed by atoms with Gasteiger partial charge in [0.25, 0.3) is 0 Å². The van der Waals surface area contributed by atoms with Crippen LogP contribution in [0.3, 0.4) is 0 Å². The fraction of sp³-hybridized carbons (Fsp3) is 0.625. The molecule has 2 atom stereocenters. The monoisotopic (exact) mass is 359 g/mol. The summed E-state index contributed by atoms with van der Waals surface area (Å²) in [4.78, 5) is 0. The molecule has 0 spiro atoms.